The topological polar surface area (TPSA) is 51.1 Å². The molecule has 8 heteroatoms. The molecule has 0 unspecified atom stereocenters. The van der Waals surface area contributed by atoms with Gasteiger partial charge in [-0.05, 0) is 112 Å². The molecule has 28 heavy (non-hydrogen) atoms. The molecule has 0 radical (unpaired) electrons. The molecule has 0 aliphatic carbocycles. The van der Waals surface area contributed by atoms with Crippen LogP contribution in [0.25, 0.3) is 6.08 Å². The molecule has 0 saturated carbocycles. The van der Waals surface area contributed by atoms with Gasteiger partial charge in [-0.2, -0.15) is 0 Å². The standard InChI is InChI=1S/C20H18I2N2O3S/c1-4-24-19(25)17(11-12-9-15(21)18(27-3)16(22)10-12)28-20(24)23-13-5-7-14(26-2)8-6-13/h5-11H,4H2,1-3H3/b17-11+,23-20?. The third kappa shape index (κ3) is 4.65. The average molecular weight is 620 g/mol. The number of amidine groups is 1. The van der Waals surface area contributed by atoms with E-state index in [0.29, 0.717) is 16.6 Å². The van der Waals surface area contributed by atoms with E-state index in [0.717, 1.165) is 29.9 Å². The zero-order valence-electron chi connectivity index (χ0n) is 15.5. The zero-order valence-corrected chi connectivity index (χ0v) is 20.7. The number of hydrogen-bond acceptors (Lipinski definition) is 5. The number of halogens is 2. The van der Waals surface area contributed by atoms with E-state index in [2.05, 4.69) is 50.2 Å². The predicted octanol–water partition coefficient (Wildman–Crippen LogP) is 5.54. The minimum absolute atomic E-state index is 0.0272. The molecule has 1 saturated heterocycles. The first kappa shape index (κ1) is 21.4. The van der Waals surface area contributed by atoms with E-state index in [1.807, 2.05) is 49.4 Å². The van der Waals surface area contributed by atoms with Gasteiger partial charge in [-0.25, -0.2) is 4.99 Å². The highest BCUT2D eigenvalue weighted by Gasteiger charge is 2.32. The number of nitrogens with zero attached hydrogens (tertiary/aromatic N) is 2. The van der Waals surface area contributed by atoms with Crippen LogP contribution in [0.15, 0.2) is 46.3 Å². The lowest BCUT2D eigenvalue weighted by Crippen LogP contribution is -2.28. The van der Waals surface area contributed by atoms with E-state index in [9.17, 15) is 4.79 Å². The van der Waals surface area contributed by atoms with Crippen molar-refractivity contribution < 1.29 is 14.3 Å². The molecule has 0 spiro atoms. The zero-order chi connectivity index (χ0) is 20.3. The summed E-state index contributed by atoms with van der Waals surface area (Å²) in [6, 6.07) is 11.5. The Morgan fingerprint density at radius 2 is 1.75 bits per heavy atom. The monoisotopic (exact) mass is 620 g/mol. The smallest absolute Gasteiger partial charge is 0.266 e. The van der Waals surface area contributed by atoms with Crippen molar-refractivity contribution in [3.05, 3.63) is 54.0 Å². The van der Waals surface area contributed by atoms with Gasteiger partial charge in [-0.3, -0.25) is 9.69 Å². The van der Waals surface area contributed by atoms with Crippen LogP contribution in [-0.2, 0) is 4.79 Å². The maximum Gasteiger partial charge on any atom is 0.266 e. The van der Waals surface area contributed by atoms with Gasteiger partial charge in [0, 0.05) is 6.54 Å². The van der Waals surface area contributed by atoms with Crippen LogP contribution in [0, 0.1) is 7.14 Å². The number of hydrogen-bond donors (Lipinski definition) is 0. The van der Waals surface area contributed by atoms with Crippen LogP contribution >= 0.6 is 56.9 Å². The Hall–Kier alpha value is -1.27. The van der Waals surface area contributed by atoms with Crippen molar-refractivity contribution in [1.82, 2.24) is 4.90 Å². The van der Waals surface area contributed by atoms with Crippen LogP contribution < -0.4 is 9.47 Å². The van der Waals surface area contributed by atoms with E-state index >= 15 is 0 Å². The van der Waals surface area contributed by atoms with Crippen LogP contribution in [0.5, 0.6) is 11.5 Å². The first-order chi connectivity index (χ1) is 13.5. The van der Waals surface area contributed by atoms with Crippen molar-refractivity contribution in [2.75, 3.05) is 20.8 Å². The van der Waals surface area contributed by atoms with Crippen LogP contribution in [0.2, 0.25) is 0 Å². The first-order valence-electron chi connectivity index (χ1n) is 8.44. The summed E-state index contributed by atoms with van der Waals surface area (Å²) in [4.78, 5) is 19.9. The summed E-state index contributed by atoms with van der Waals surface area (Å²) in [5, 5.41) is 0.682. The second-order valence-electron chi connectivity index (χ2n) is 5.77. The van der Waals surface area contributed by atoms with Gasteiger partial charge in [0.25, 0.3) is 5.91 Å². The third-order valence-corrected chi connectivity index (χ3v) is 6.63. The number of benzene rings is 2. The van der Waals surface area contributed by atoms with Gasteiger partial charge in [0.2, 0.25) is 0 Å². The molecule has 3 rings (SSSR count). The van der Waals surface area contributed by atoms with Crippen molar-refractivity contribution in [1.29, 1.82) is 0 Å². The van der Waals surface area contributed by atoms with Crippen molar-refractivity contribution >= 4 is 79.8 Å². The van der Waals surface area contributed by atoms with E-state index in [-0.39, 0.29) is 5.91 Å². The van der Waals surface area contributed by atoms with Crippen LogP contribution in [0.4, 0.5) is 5.69 Å². The fourth-order valence-electron chi connectivity index (χ4n) is 2.65. The summed E-state index contributed by atoms with van der Waals surface area (Å²) in [6.45, 7) is 2.51. The average Bonchev–Trinajstić information content (AvgIpc) is 2.96. The first-order valence-corrected chi connectivity index (χ1v) is 11.4. The molecule has 1 aliphatic heterocycles. The number of thioether (sulfide) groups is 1. The van der Waals surface area contributed by atoms with Crippen molar-refractivity contribution in [3.8, 4) is 11.5 Å². The number of methoxy groups -OCH3 is 2. The highest BCUT2D eigenvalue weighted by molar-refractivity contribution is 14.1. The Balaban J connectivity index is 1.92. The quantitative estimate of drug-likeness (QED) is 0.326. The highest BCUT2D eigenvalue weighted by Crippen LogP contribution is 2.36. The molecule has 5 nitrogen and oxygen atoms in total. The van der Waals surface area contributed by atoms with E-state index in [1.54, 1.807) is 19.1 Å². The van der Waals surface area contributed by atoms with Gasteiger partial charge in [0.15, 0.2) is 5.17 Å². The second kappa shape index (κ2) is 9.49. The van der Waals surface area contributed by atoms with Gasteiger partial charge in [0.1, 0.15) is 11.5 Å². The molecule has 1 amide bonds. The lowest BCUT2D eigenvalue weighted by atomic mass is 10.2. The minimum atomic E-state index is -0.0272. The Bertz CT molecular complexity index is 935. The Morgan fingerprint density at radius 1 is 1.11 bits per heavy atom. The van der Waals surface area contributed by atoms with Crippen LogP contribution in [0.3, 0.4) is 0 Å². The Morgan fingerprint density at radius 3 is 2.29 bits per heavy atom. The molecule has 146 valence electrons. The molecule has 0 aromatic heterocycles. The lowest BCUT2D eigenvalue weighted by molar-refractivity contribution is -0.122. The fourth-order valence-corrected chi connectivity index (χ4v) is 5.97. The maximum absolute atomic E-state index is 12.8. The van der Waals surface area contributed by atoms with Crippen LogP contribution in [-0.4, -0.2) is 36.7 Å². The van der Waals surface area contributed by atoms with Crippen molar-refractivity contribution in [3.63, 3.8) is 0 Å². The molecule has 0 N–H and O–H groups in total. The van der Waals surface area contributed by atoms with Gasteiger partial charge in [-0.15, -0.1) is 0 Å². The predicted molar refractivity (Wildman–Crippen MR) is 131 cm³/mol. The van der Waals surface area contributed by atoms with Gasteiger partial charge in [-0.1, -0.05) is 0 Å². The second-order valence-corrected chi connectivity index (χ2v) is 9.10. The Kier molecular flexibility index (Phi) is 7.26. The summed E-state index contributed by atoms with van der Waals surface area (Å²) in [5.74, 6) is 1.60. The van der Waals surface area contributed by atoms with Crippen molar-refractivity contribution in [2.24, 2.45) is 4.99 Å². The number of rotatable bonds is 5. The van der Waals surface area contributed by atoms with Crippen molar-refractivity contribution in [2.45, 2.75) is 6.92 Å². The number of amides is 1. The molecule has 2 aromatic carbocycles. The molecule has 0 atom stereocenters. The van der Waals surface area contributed by atoms with E-state index < -0.39 is 0 Å². The molecule has 1 aliphatic rings. The number of aliphatic imine (C=N–C) groups is 1. The number of carbonyl (C=O) groups excluding carboxylic acids is 1. The third-order valence-electron chi connectivity index (χ3n) is 4.02. The molecule has 1 heterocycles. The van der Waals surface area contributed by atoms with Crippen LogP contribution in [0.1, 0.15) is 12.5 Å². The van der Waals surface area contributed by atoms with E-state index in [4.69, 9.17) is 9.47 Å². The van der Waals surface area contributed by atoms with Gasteiger partial charge < -0.3 is 9.47 Å². The summed E-state index contributed by atoms with van der Waals surface area (Å²) in [6.07, 6.45) is 1.91. The van der Waals surface area contributed by atoms with Gasteiger partial charge in [0.05, 0.1) is 32.0 Å². The Labute approximate surface area is 195 Å². The number of ether oxygens (including phenoxy) is 2. The van der Waals surface area contributed by atoms with Gasteiger partial charge >= 0.3 is 0 Å². The SMILES string of the molecule is CCN1C(=O)/C(=C\c2cc(I)c(OC)c(I)c2)SC1=Nc1ccc(OC)cc1. The largest absolute Gasteiger partial charge is 0.497 e. The summed E-state index contributed by atoms with van der Waals surface area (Å²) >= 11 is 5.88. The maximum atomic E-state index is 12.8. The summed E-state index contributed by atoms with van der Waals surface area (Å²) in [5.41, 5.74) is 1.75. The molecule has 1 fully saturated rings. The molecular formula is C20H18I2N2O3S. The molecular weight excluding hydrogens is 602 g/mol. The minimum Gasteiger partial charge on any atom is -0.497 e. The highest BCUT2D eigenvalue weighted by atomic mass is 127. The molecule has 2 aromatic rings. The molecule has 0 bridgehead atoms. The lowest BCUT2D eigenvalue weighted by Gasteiger charge is -2.12. The van der Waals surface area contributed by atoms with E-state index in [1.165, 1.54) is 11.8 Å². The summed E-state index contributed by atoms with van der Waals surface area (Å²) in [7, 11) is 3.29. The summed E-state index contributed by atoms with van der Waals surface area (Å²) < 4.78 is 12.6. The fraction of sp³-hybridized carbons (Fsp3) is 0.200. The number of likely N-dealkylation sites (N-methyl/N-ethyl adjacent to an activating group) is 1. The normalized spacial score (nSPS) is 16.9. The number of carbonyl (C=O) groups is 1.